The van der Waals surface area contributed by atoms with E-state index in [1.54, 1.807) is 17.1 Å². The molecular formula is C38H47N7O6Si. The SMILES string of the molecule is CCC[C@@H](CCO[Si](c1ccccc1)(c1ccccc1)C(C)(C)C)Nc1nc(NC(=O)OC)nc2cnn(Cc3cnc(C(=O)OC)cc3OC)c12. The molecule has 1 atom stereocenters. The summed E-state index contributed by atoms with van der Waals surface area (Å²) in [5.41, 5.74) is 1.91. The fourth-order valence-electron chi connectivity index (χ4n) is 6.52. The van der Waals surface area contributed by atoms with Crippen LogP contribution in [0.5, 0.6) is 5.75 Å². The lowest BCUT2D eigenvalue weighted by atomic mass is 10.1. The Morgan fingerprint density at radius 3 is 2.15 bits per heavy atom. The molecule has 0 aliphatic rings. The number of benzene rings is 2. The summed E-state index contributed by atoms with van der Waals surface area (Å²) in [6, 6.07) is 22.6. The van der Waals surface area contributed by atoms with E-state index in [1.807, 2.05) is 12.1 Å². The Labute approximate surface area is 305 Å². The third-order valence-corrected chi connectivity index (χ3v) is 14.0. The number of hydrogen-bond donors (Lipinski definition) is 2. The number of ether oxygens (including phenoxy) is 3. The quantitative estimate of drug-likeness (QED) is 0.0997. The highest BCUT2D eigenvalue weighted by molar-refractivity contribution is 6.99. The van der Waals surface area contributed by atoms with Gasteiger partial charge in [0.1, 0.15) is 16.8 Å². The average molecular weight is 726 g/mol. The van der Waals surface area contributed by atoms with Gasteiger partial charge in [-0.05, 0) is 28.3 Å². The fraction of sp³-hybridized carbons (Fsp3) is 0.368. The topological polar surface area (TPSA) is 152 Å². The van der Waals surface area contributed by atoms with Crippen LogP contribution in [0.2, 0.25) is 5.04 Å². The summed E-state index contributed by atoms with van der Waals surface area (Å²) in [5, 5.41) is 13.1. The number of amides is 1. The summed E-state index contributed by atoms with van der Waals surface area (Å²) in [7, 11) is 1.35. The highest BCUT2D eigenvalue weighted by Crippen LogP contribution is 2.37. The molecule has 52 heavy (non-hydrogen) atoms. The van der Waals surface area contributed by atoms with Gasteiger partial charge in [0, 0.05) is 30.5 Å². The van der Waals surface area contributed by atoms with Crippen molar-refractivity contribution in [3.8, 4) is 5.75 Å². The first kappa shape index (κ1) is 37.9. The van der Waals surface area contributed by atoms with Crippen LogP contribution in [0.1, 0.15) is 63.0 Å². The molecule has 274 valence electrons. The molecule has 0 saturated heterocycles. The summed E-state index contributed by atoms with van der Waals surface area (Å²) in [6.45, 7) is 9.67. The van der Waals surface area contributed by atoms with Crippen LogP contribution < -0.4 is 25.7 Å². The summed E-state index contributed by atoms with van der Waals surface area (Å²) >= 11 is 0. The van der Waals surface area contributed by atoms with Crippen LogP contribution in [0.15, 0.2) is 79.1 Å². The predicted molar refractivity (Wildman–Crippen MR) is 203 cm³/mol. The summed E-state index contributed by atoms with van der Waals surface area (Å²) < 4.78 is 24.2. The van der Waals surface area contributed by atoms with Gasteiger partial charge in [0.05, 0.1) is 34.1 Å². The molecule has 14 heteroatoms. The van der Waals surface area contributed by atoms with E-state index in [1.165, 1.54) is 37.8 Å². The molecule has 5 aromatic rings. The fourth-order valence-corrected chi connectivity index (χ4v) is 11.1. The van der Waals surface area contributed by atoms with Gasteiger partial charge in [-0.2, -0.15) is 10.1 Å². The average Bonchev–Trinajstić information content (AvgIpc) is 3.55. The lowest BCUT2D eigenvalue weighted by Crippen LogP contribution is -2.66. The standard InChI is InChI=1S/C38H47N7O6Si/c1-8-15-27(20-21-51-52(38(2,3)4,28-16-11-9-12-17-28)29-18-13-10-14-19-29)41-34-33-31(42-36(43-34)44-37(47)50-7)24-40-45(33)25-26-23-39-30(35(46)49-6)22-32(26)48-5/h9-14,16-19,22-24,27H,8,15,20-21,25H2,1-7H3,(H2,41,42,43,44,47)/t27-/m0/s1. The van der Waals surface area contributed by atoms with Crippen molar-refractivity contribution < 1.29 is 28.2 Å². The number of nitrogens with zero attached hydrogens (tertiary/aromatic N) is 5. The second-order valence-corrected chi connectivity index (χ2v) is 17.7. The van der Waals surface area contributed by atoms with Crippen molar-refractivity contribution in [3.63, 3.8) is 0 Å². The van der Waals surface area contributed by atoms with Gasteiger partial charge in [-0.15, -0.1) is 0 Å². The van der Waals surface area contributed by atoms with Gasteiger partial charge in [0.2, 0.25) is 5.95 Å². The van der Waals surface area contributed by atoms with E-state index in [-0.39, 0.29) is 29.3 Å². The van der Waals surface area contributed by atoms with Crippen molar-refractivity contribution in [2.75, 3.05) is 38.6 Å². The Kier molecular flexibility index (Phi) is 12.2. The van der Waals surface area contributed by atoms with Gasteiger partial charge in [0.15, 0.2) is 11.5 Å². The number of hydrogen-bond acceptors (Lipinski definition) is 11. The summed E-state index contributed by atoms with van der Waals surface area (Å²) in [6.07, 6.45) is 4.90. The Bertz CT molecular complexity index is 1930. The Hall–Kier alpha value is -5.34. The van der Waals surface area contributed by atoms with Crippen molar-refractivity contribution in [1.29, 1.82) is 0 Å². The van der Waals surface area contributed by atoms with Crippen LogP contribution in [0.4, 0.5) is 16.6 Å². The molecule has 13 nitrogen and oxygen atoms in total. The molecule has 0 unspecified atom stereocenters. The molecule has 2 aromatic carbocycles. The van der Waals surface area contributed by atoms with Crippen molar-refractivity contribution in [2.45, 2.75) is 64.6 Å². The van der Waals surface area contributed by atoms with E-state index >= 15 is 0 Å². The molecule has 2 N–H and O–H groups in total. The minimum atomic E-state index is -2.75. The minimum Gasteiger partial charge on any atom is -0.496 e. The zero-order valence-electron chi connectivity index (χ0n) is 30.8. The number of nitrogens with one attached hydrogen (secondary N) is 2. The zero-order valence-corrected chi connectivity index (χ0v) is 31.8. The van der Waals surface area contributed by atoms with E-state index in [9.17, 15) is 9.59 Å². The van der Waals surface area contributed by atoms with Gasteiger partial charge >= 0.3 is 12.1 Å². The largest absolute Gasteiger partial charge is 0.496 e. The zero-order chi connectivity index (χ0) is 37.3. The summed E-state index contributed by atoms with van der Waals surface area (Å²) in [5.74, 6) is 0.432. The maximum atomic E-state index is 12.2. The smallest absolute Gasteiger partial charge is 0.413 e. The maximum absolute atomic E-state index is 12.2. The number of pyridine rings is 1. The van der Waals surface area contributed by atoms with Crippen molar-refractivity contribution in [3.05, 3.63) is 90.4 Å². The van der Waals surface area contributed by atoms with E-state index in [0.717, 1.165) is 12.8 Å². The Morgan fingerprint density at radius 1 is 0.904 bits per heavy atom. The maximum Gasteiger partial charge on any atom is 0.413 e. The molecule has 0 spiro atoms. The Balaban J connectivity index is 1.49. The van der Waals surface area contributed by atoms with Crippen molar-refractivity contribution >= 4 is 53.6 Å². The second kappa shape index (κ2) is 16.8. The number of aromatic nitrogens is 5. The van der Waals surface area contributed by atoms with Gasteiger partial charge in [-0.3, -0.25) is 10.00 Å². The first-order valence-electron chi connectivity index (χ1n) is 17.3. The van der Waals surface area contributed by atoms with Crippen molar-refractivity contribution in [2.24, 2.45) is 0 Å². The predicted octanol–water partition coefficient (Wildman–Crippen LogP) is 5.79. The number of carbonyl (C=O) groups is 2. The second-order valence-electron chi connectivity index (χ2n) is 13.4. The molecule has 1 amide bonds. The molecule has 3 heterocycles. The van der Waals surface area contributed by atoms with Crippen LogP contribution in [-0.2, 0) is 20.4 Å². The normalized spacial score (nSPS) is 12.3. The molecule has 0 aliphatic heterocycles. The lowest BCUT2D eigenvalue weighted by Gasteiger charge is -2.43. The minimum absolute atomic E-state index is 0.0498. The van der Waals surface area contributed by atoms with Gasteiger partial charge < -0.3 is 24.0 Å². The van der Waals surface area contributed by atoms with Crippen LogP contribution in [-0.4, -0.2) is 79.1 Å². The third kappa shape index (κ3) is 8.24. The van der Waals surface area contributed by atoms with E-state index in [0.29, 0.717) is 41.2 Å². The molecule has 0 saturated carbocycles. The molecule has 0 bridgehead atoms. The lowest BCUT2D eigenvalue weighted by molar-refractivity contribution is 0.0593. The van der Waals surface area contributed by atoms with Crippen LogP contribution in [0.3, 0.4) is 0 Å². The molecule has 3 aromatic heterocycles. The number of methoxy groups -OCH3 is 3. The van der Waals surface area contributed by atoms with E-state index < -0.39 is 20.4 Å². The monoisotopic (exact) mass is 725 g/mol. The van der Waals surface area contributed by atoms with Crippen LogP contribution >= 0.6 is 0 Å². The highest BCUT2D eigenvalue weighted by atomic mass is 28.4. The third-order valence-electron chi connectivity index (χ3n) is 8.95. The van der Waals surface area contributed by atoms with Gasteiger partial charge in [-0.1, -0.05) is 94.8 Å². The van der Waals surface area contributed by atoms with Crippen LogP contribution in [0.25, 0.3) is 11.0 Å². The van der Waals surface area contributed by atoms with Crippen LogP contribution in [0, 0.1) is 0 Å². The number of rotatable bonds is 15. The van der Waals surface area contributed by atoms with Gasteiger partial charge in [0.25, 0.3) is 8.32 Å². The molecule has 0 radical (unpaired) electrons. The van der Waals surface area contributed by atoms with Crippen molar-refractivity contribution in [1.82, 2.24) is 24.7 Å². The van der Waals surface area contributed by atoms with Gasteiger partial charge in [-0.25, -0.2) is 19.6 Å². The first-order chi connectivity index (χ1) is 25.0. The number of carbonyl (C=O) groups excluding carboxylic acids is 2. The molecule has 5 rings (SSSR count). The molecule has 0 fully saturated rings. The summed E-state index contributed by atoms with van der Waals surface area (Å²) in [4.78, 5) is 37.9. The van der Waals surface area contributed by atoms with E-state index in [4.69, 9.17) is 23.6 Å². The first-order valence-corrected chi connectivity index (χ1v) is 19.2. The number of esters is 1. The number of anilines is 2. The molecular weight excluding hydrogens is 679 g/mol. The van der Waals surface area contributed by atoms with E-state index in [2.05, 4.69) is 102 Å². The number of fused-ring (bicyclic) bond motifs is 1. The Morgan fingerprint density at radius 2 is 1.58 bits per heavy atom. The molecule has 0 aliphatic carbocycles. The highest BCUT2D eigenvalue weighted by Gasteiger charge is 2.50.